The molecule has 2 amide bonds. The third-order valence-corrected chi connectivity index (χ3v) is 11.6. The van der Waals surface area contributed by atoms with Crippen LogP contribution >= 0.6 is 0 Å². The molecule has 2 unspecified atom stereocenters. The second-order valence-electron chi connectivity index (χ2n) is 12.1. The molecule has 2 N–H and O–H groups in total. The number of urea groups is 1. The summed E-state index contributed by atoms with van der Waals surface area (Å²) in [5.41, 5.74) is 1.59. The average Bonchev–Trinajstić information content (AvgIpc) is 3.01. The van der Waals surface area contributed by atoms with Crippen LogP contribution in [0.1, 0.15) is 63.9 Å². The molecular weight excluding hydrogens is 538 g/mol. The number of sulfonamides is 1. The highest BCUT2D eigenvalue weighted by Crippen LogP contribution is 2.47. The van der Waals surface area contributed by atoms with E-state index in [2.05, 4.69) is 27.4 Å². The quantitative estimate of drug-likeness (QED) is 0.460. The number of hydrogen-bond acceptors (Lipinski definition) is 6. The topological polar surface area (TPSA) is 104 Å². The SMILES string of the molecule is COC1CCCC(C2(N3CCN(S(=O)(=O)c4ccc(NC(=O)NCc5cccnc5)cc4)CC3)CCC(C)CC2)C1. The minimum absolute atomic E-state index is 0.157. The normalized spacial score (nSPS) is 28.2. The van der Waals surface area contributed by atoms with E-state index in [4.69, 9.17) is 4.74 Å². The molecule has 3 fully saturated rings. The van der Waals surface area contributed by atoms with Crippen LogP contribution in [-0.2, 0) is 21.3 Å². The van der Waals surface area contributed by atoms with E-state index in [-0.39, 0.29) is 16.5 Å². The molecule has 1 aromatic carbocycles. The van der Waals surface area contributed by atoms with Gasteiger partial charge in [-0.05, 0) is 92.7 Å². The predicted octanol–water partition coefficient (Wildman–Crippen LogP) is 4.86. The number of amides is 2. The van der Waals surface area contributed by atoms with E-state index < -0.39 is 10.0 Å². The fourth-order valence-corrected chi connectivity index (χ4v) is 8.61. The number of ether oxygens (including phenoxy) is 1. The zero-order chi connectivity index (χ0) is 28.9. The van der Waals surface area contributed by atoms with Gasteiger partial charge in [-0.3, -0.25) is 9.88 Å². The van der Waals surface area contributed by atoms with E-state index >= 15 is 0 Å². The van der Waals surface area contributed by atoms with Crippen molar-refractivity contribution >= 4 is 21.7 Å². The highest BCUT2D eigenvalue weighted by Gasteiger charge is 2.48. The first kappa shape index (κ1) is 29.9. The van der Waals surface area contributed by atoms with Crippen molar-refractivity contribution in [3.05, 3.63) is 54.4 Å². The molecule has 2 aromatic rings. The number of carbonyl (C=O) groups excluding carboxylic acids is 1. The third-order valence-electron chi connectivity index (χ3n) is 9.65. The molecule has 9 nitrogen and oxygen atoms in total. The largest absolute Gasteiger partial charge is 0.381 e. The summed E-state index contributed by atoms with van der Waals surface area (Å²) < 4.78 is 34.5. The van der Waals surface area contributed by atoms with E-state index in [9.17, 15) is 13.2 Å². The maximum atomic E-state index is 13.6. The minimum atomic E-state index is -3.62. The standard InChI is InChI=1S/C31H45N5O4S/c1-24-12-14-31(15-13-24,26-6-3-7-28(21-26)40-2)35-17-19-36(20-18-35)41(38,39)29-10-8-27(9-11-29)34-30(37)33-23-25-5-4-16-32-22-25/h4-5,8-11,16,22,24,26,28H,3,6-7,12-15,17-21,23H2,1-2H3,(H2,33,34,37). The van der Waals surface area contributed by atoms with E-state index in [1.54, 1.807) is 41.0 Å². The van der Waals surface area contributed by atoms with Crippen molar-refractivity contribution in [1.29, 1.82) is 0 Å². The van der Waals surface area contributed by atoms with Gasteiger partial charge in [0.25, 0.3) is 0 Å². The number of anilines is 1. The molecule has 1 saturated heterocycles. The van der Waals surface area contributed by atoms with Gasteiger partial charge in [-0.25, -0.2) is 13.2 Å². The molecule has 2 heterocycles. The van der Waals surface area contributed by atoms with Gasteiger partial charge in [0.2, 0.25) is 10.0 Å². The summed E-state index contributed by atoms with van der Waals surface area (Å²) >= 11 is 0. The molecule has 1 aromatic heterocycles. The third kappa shape index (κ3) is 6.93. The lowest BCUT2D eigenvalue weighted by atomic mass is 9.64. The fraction of sp³-hybridized carbons (Fsp3) is 0.613. The number of rotatable bonds is 8. The molecule has 2 saturated carbocycles. The van der Waals surface area contributed by atoms with Crippen LogP contribution in [0.15, 0.2) is 53.7 Å². The van der Waals surface area contributed by atoms with Crippen LogP contribution in [0, 0.1) is 11.8 Å². The lowest BCUT2D eigenvalue weighted by molar-refractivity contribution is -0.0629. The van der Waals surface area contributed by atoms with Crippen LogP contribution in [-0.4, -0.2) is 73.6 Å². The van der Waals surface area contributed by atoms with Gasteiger partial charge in [0.15, 0.2) is 0 Å². The van der Waals surface area contributed by atoms with Crippen molar-refractivity contribution in [3.8, 4) is 0 Å². The van der Waals surface area contributed by atoms with Gasteiger partial charge in [-0.2, -0.15) is 4.31 Å². The Morgan fingerprint density at radius 3 is 2.44 bits per heavy atom. The summed E-state index contributed by atoms with van der Waals surface area (Å²) in [4.78, 5) is 19.2. The molecule has 2 aliphatic carbocycles. The highest BCUT2D eigenvalue weighted by atomic mass is 32.2. The Balaban J connectivity index is 1.19. The molecule has 0 bridgehead atoms. The van der Waals surface area contributed by atoms with Crippen LogP contribution in [0.25, 0.3) is 0 Å². The van der Waals surface area contributed by atoms with Crippen molar-refractivity contribution in [2.45, 2.75) is 81.4 Å². The maximum Gasteiger partial charge on any atom is 0.319 e. The summed E-state index contributed by atoms with van der Waals surface area (Å²) in [7, 11) is -1.78. The monoisotopic (exact) mass is 583 g/mol. The van der Waals surface area contributed by atoms with E-state index in [1.165, 1.54) is 38.5 Å². The Morgan fingerprint density at radius 2 is 1.78 bits per heavy atom. The number of pyridine rings is 1. The summed E-state index contributed by atoms with van der Waals surface area (Å²) in [5, 5.41) is 5.55. The fourth-order valence-electron chi connectivity index (χ4n) is 7.19. The molecule has 3 aliphatic rings. The first-order valence-electron chi connectivity index (χ1n) is 15.1. The Kier molecular flexibility index (Phi) is 9.63. The lowest BCUT2D eigenvalue weighted by Gasteiger charge is -2.56. The molecule has 0 radical (unpaired) electrons. The van der Waals surface area contributed by atoms with Crippen LogP contribution in [0.2, 0.25) is 0 Å². The first-order chi connectivity index (χ1) is 19.8. The molecule has 41 heavy (non-hydrogen) atoms. The molecule has 5 rings (SSSR count). The summed E-state index contributed by atoms with van der Waals surface area (Å²) in [6.07, 6.45) is 13.3. The average molecular weight is 584 g/mol. The Morgan fingerprint density at radius 1 is 1.05 bits per heavy atom. The van der Waals surface area contributed by atoms with Crippen molar-refractivity contribution < 1.29 is 17.9 Å². The second-order valence-corrected chi connectivity index (χ2v) is 14.0. The summed E-state index contributed by atoms with van der Waals surface area (Å²) in [6.45, 7) is 5.24. The number of aromatic nitrogens is 1. The van der Waals surface area contributed by atoms with Gasteiger partial charge in [0.1, 0.15) is 0 Å². The Hall–Kier alpha value is -2.53. The highest BCUT2D eigenvalue weighted by molar-refractivity contribution is 7.89. The number of nitrogens with one attached hydrogen (secondary N) is 2. The Bertz CT molecular complexity index is 1240. The number of piperazine rings is 1. The van der Waals surface area contributed by atoms with E-state index in [0.29, 0.717) is 37.3 Å². The number of methoxy groups -OCH3 is 1. The summed E-state index contributed by atoms with van der Waals surface area (Å²) in [6, 6.07) is 9.78. The molecular formula is C31H45N5O4S. The predicted molar refractivity (Wildman–Crippen MR) is 160 cm³/mol. The van der Waals surface area contributed by atoms with Gasteiger partial charge in [-0.1, -0.05) is 19.4 Å². The number of benzene rings is 1. The molecule has 0 spiro atoms. The Labute approximate surface area is 245 Å². The van der Waals surface area contributed by atoms with Gasteiger partial charge < -0.3 is 15.4 Å². The number of carbonyl (C=O) groups is 1. The first-order valence-corrected chi connectivity index (χ1v) is 16.6. The summed E-state index contributed by atoms with van der Waals surface area (Å²) in [5.74, 6) is 1.37. The zero-order valence-electron chi connectivity index (χ0n) is 24.4. The zero-order valence-corrected chi connectivity index (χ0v) is 25.2. The second kappa shape index (κ2) is 13.2. The van der Waals surface area contributed by atoms with Gasteiger partial charge >= 0.3 is 6.03 Å². The molecule has 1 aliphatic heterocycles. The molecule has 224 valence electrons. The molecule has 10 heteroatoms. The molecule has 2 atom stereocenters. The van der Waals surface area contributed by atoms with Crippen molar-refractivity contribution in [2.24, 2.45) is 11.8 Å². The van der Waals surface area contributed by atoms with Gasteiger partial charge in [0.05, 0.1) is 11.0 Å². The van der Waals surface area contributed by atoms with E-state index in [0.717, 1.165) is 37.4 Å². The van der Waals surface area contributed by atoms with Crippen molar-refractivity contribution in [1.82, 2.24) is 19.5 Å². The minimum Gasteiger partial charge on any atom is -0.381 e. The van der Waals surface area contributed by atoms with Crippen LogP contribution < -0.4 is 10.6 Å². The van der Waals surface area contributed by atoms with Crippen LogP contribution in [0.3, 0.4) is 0 Å². The van der Waals surface area contributed by atoms with E-state index in [1.807, 2.05) is 19.2 Å². The van der Waals surface area contributed by atoms with Crippen molar-refractivity contribution in [2.75, 3.05) is 38.6 Å². The number of nitrogens with zero attached hydrogens (tertiary/aromatic N) is 3. The van der Waals surface area contributed by atoms with Crippen LogP contribution in [0.4, 0.5) is 10.5 Å². The van der Waals surface area contributed by atoms with Crippen LogP contribution in [0.5, 0.6) is 0 Å². The van der Waals surface area contributed by atoms with Crippen molar-refractivity contribution in [3.63, 3.8) is 0 Å². The number of hydrogen-bond donors (Lipinski definition) is 2. The lowest BCUT2D eigenvalue weighted by Crippen LogP contribution is -2.62. The van der Waals surface area contributed by atoms with Gasteiger partial charge in [0, 0.05) is 63.5 Å². The maximum absolute atomic E-state index is 13.6. The smallest absolute Gasteiger partial charge is 0.319 e. The van der Waals surface area contributed by atoms with Gasteiger partial charge in [-0.15, -0.1) is 0 Å².